The first-order valence-corrected chi connectivity index (χ1v) is 9.91. The van der Waals surface area contributed by atoms with Gasteiger partial charge in [-0.3, -0.25) is 9.36 Å². The van der Waals surface area contributed by atoms with Crippen LogP contribution in [0.25, 0.3) is 39.1 Å². The number of halogens is 2. The van der Waals surface area contributed by atoms with E-state index in [4.69, 9.17) is 28.2 Å². The maximum atomic E-state index is 13.2. The number of H-pyrrole nitrogens is 1. The van der Waals surface area contributed by atoms with Gasteiger partial charge in [0.05, 0.1) is 17.6 Å². The summed E-state index contributed by atoms with van der Waals surface area (Å²) < 4.78 is 3.32. The Bertz CT molecular complexity index is 1490. The van der Waals surface area contributed by atoms with E-state index in [-0.39, 0.29) is 5.56 Å². The number of aryl methyl sites for hydroxylation is 1. The maximum absolute atomic E-state index is 13.2. The number of benzene rings is 2. The molecule has 1 aliphatic heterocycles. The van der Waals surface area contributed by atoms with Gasteiger partial charge in [-0.1, -0.05) is 41.4 Å². The molecule has 8 heteroatoms. The molecule has 0 radical (unpaired) electrons. The molecule has 0 unspecified atom stereocenters. The van der Waals surface area contributed by atoms with Gasteiger partial charge in [0.1, 0.15) is 5.39 Å². The molecule has 0 saturated heterocycles. The normalized spacial score (nSPS) is 13.0. The third kappa shape index (κ3) is 2.39. The Hall–Kier alpha value is -3.09. The third-order valence-corrected chi connectivity index (χ3v) is 5.84. The lowest BCUT2D eigenvalue weighted by molar-refractivity contribution is 0.652. The van der Waals surface area contributed by atoms with E-state index in [2.05, 4.69) is 16.1 Å². The van der Waals surface area contributed by atoms with Crippen LogP contribution >= 0.6 is 23.2 Å². The monoisotopic (exact) mass is 421 g/mol. The predicted octanol–water partition coefficient (Wildman–Crippen LogP) is 4.59. The van der Waals surface area contributed by atoms with Crippen molar-refractivity contribution in [1.29, 1.82) is 0 Å². The summed E-state index contributed by atoms with van der Waals surface area (Å²) in [5.74, 6) is 0.620. The number of hydrogen-bond donors (Lipinski definition) is 1. The van der Waals surface area contributed by atoms with Crippen molar-refractivity contribution in [2.24, 2.45) is 0 Å². The van der Waals surface area contributed by atoms with Crippen LogP contribution in [0.1, 0.15) is 5.56 Å². The number of nitrogens with one attached hydrogen (secondary N) is 1. The van der Waals surface area contributed by atoms with Crippen LogP contribution in [0.3, 0.4) is 0 Å². The number of nitrogens with zero attached hydrogens (tertiary/aromatic N) is 4. The molecule has 0 spiro atoms. The molecule has 6 rings (SSSR count). The van der Waals surface area contributed by atoms with Gasteiger partial charge in [-0.05, 0) is 36.2 Å². The van der Waals surface area contributed by atoms with Gasteiger partial charge < -0.3 is 4.98 Å². The first-order chi connectivity index (χ1) is 14.1. The molecule has 0 fully saturated rings. The molecule has 6 nitrogen and oxygen atoms in total. The number of rotatable bonds is 1. The summed E-state index contributed by atoms with van der Waals surface area (Å²) in [5.41, 5.74) is 4.13. The molecule has 2 aromatic carbocycles. The smallest absolute Gasteiger partial charge is 0.264 e. The second kappa shape index (κ2) is 5.95. The summed E-state index contributed by atoms with van der Waals surface area (Å²) >= 11 is 12.3. The standard InChI is InChI=1S/C21H13Cl2N5O/c22-11-7-12(23)9-13(8-11)28-19-16(10-24-28)21(29)27-6-5-15-14-3-1-2-4-17(14)25-18(15)20(27)26-19/h1-4,7-10,25H,5-6H2. The van der Waals surface area contributed by atoms with Crippen molar-refractivity contribution < 1.29 is 0 Å². The Labute approximate surface area is 174 Å². The molecular formula is C21H13Cl2N5O. The van der Waals surface area contributed by atoms with Crippen LogP contribution < -0.4 is 5.56 Å². The Kier molecular flexibility index (Phi) is 3.45. The average Bonchev–Trinajstić information content (AvgIpc) is 3.29. The lowest BCUT2D eigenvalue weighted by atomic mass is 10.0. The van der Waals surface area contributed by atoms with E-state index < -0.39 is 0 Å². The topological polar surface area (TPSA) is 68.5 Å². The molecule has 1 aliphatic rings. The fourth-order valence-electron chi connectivity index (χ4n) is 4.13. The van der Waals surface area contributed by atoms with Gasteiger partial charge in [0.25, 0.3) is 5.56 Å². The summed E-state index contributed by atoms with van der Waals surface area (Å²) in [6.45, 7) is 0.583. The molecule has 0 atom stereocenters. The zero-order chi connectivity index (χ0) is 19.7. The SMILES string of the molecule is O=c1c2cnn(-c3cc(Cl)cc(Cl)c3)c2nc2n1CCc1c-2[nH]c2ccccc12. The molecule has 1 N–H and O–H groups in total. The first-order valence-electron chi connectivity index (χ1n) is 9.15. The maximum Gasteiger partial charge on any atom is 0.264 e. The summed E-state index contributed by atoms with van der Waals surface area (Å²) in [6.07, 6.45) is 2.32. The predicted molar refractivity (Wildman–Crippen MR) is 114 cm³/mol. The van der Waals surface area contributed by atoms with E-state index in [1.807, 2.05) is 18.2 Å². The number of aromatic amines is 1. The van der Waals surface area contributed by atoms with Crippen LogP contribution in [0.5, 0.6) is 0 Å². The lowest BCUT2D eigenvalue weighted by Crippen LogP contribution is -2.27. The Morgan fingerprint density at radius 3 is 2.66 bits per heavy atom. The van der Waals surface area contributed by atoms with Crippen molar-refractivity contribution in [3.8, 4) is 17.2 Å². The molecule has 0 aliphatic carbocycles. The third-order valence-electron chi connectivity index (χ3n) is 5.40. The minimum absolute atomic E-state index is 0.103. The quantitative estimate of drug-likeness (QED) is 0.430. The van der Waals surface area contributed by atoms with E-state index in [0.717, 1.165) is 17.6 Å². The lowest BCUT2D eigenvalue weighted by Gasteiger charge is -2.18. The van der Waals surface area contributed by atoms with Crippen molar-refractivity contribution >= 4 is 45.1 Å². The average molecular weight is 422 g/mol. The Morgan fingerprint density at radius 2 is 1.83 bits per heavy atom. The van der Waals surface area contributed by atoms with Crippen LogP contribution in [0.15, 0.2) is 53.5 Å². The van der Waals surface area contributed by atoms with Crippen LogP contribution in [0, 0.1) is 0 Å². The highest BCUT2D eigenvalue weighted by atomic mass is 35.5. The zero-order valence-electron chi connectivity index (χ0n) is 15.0. The molecule has 0 saturated carbocycles. The Morgan fingerprint density at radius 1 is 1.03 bits per heavy atom. The van der Waals surface area contributed by atoms with Crippen LogP contribution in [-0.2, 0) is 13.0 Å². The number of hydrogen-bond acceptors (Lipinski definition) is 3. The molecule has 0 bridgehead atoms. The van der Waals surface area contributed by atoms with Gasteiger partial charge in [0.15, 0.2) is 11.5 Å². The van der Waals surface area contributed by atoms with Gasteiger partial charge >= 0.3 is 0 Å². The second-order valence-electron chi connectivity index (χ2n) is 7.09. The van der Waals surface area contributed by atoms with Crippen molar-refractivity contribution in [2.75, 3.05) is 0 Å². The van der Waals surface area contributed by atoms with E-state index >= 15 is 0 Å². The van der Waals surface area contributed by atoms with Crippen LogP contribution in [0.2, 0.25) is 10.0 Å². The first kappa shape index (κ1) is 16.8. The number of aromatic nitrogens is 5. The Balaban J connectivity index is 1.67. The van der Waals surface area contributed by atoms with Crippen molar-refractivity contribution in [3.63, 3.8) is 0 Å². The summed E-state index contributed by atoms with van der Waals surface area (Å²) in [7, 11) is 0. The van der Waals surface area contributed by atoms with Crippen molar-refractivity contribution in [1.82, 2.24) is 24.3 Å². The highest BCUT2D eigenvalue weighted by Gasteiger charge is 2.25. The molecule has 5 aromatic rings. The molecule has 29 heavy (non-hydrogen) atoms. The molecular weight excluding hydrogens is 409 g/mol. The largest absolute Gasteiger partial charge is 0.352 e. The minimum atomic E-state index is -0.103. The highest BCUT2D eigenvalue weighted by Crippen LogP contribution is 2.33. The van der Waals surface area contributed by atoms with Crippen molar-refractivity contribution in [3.05, 3.63) is 74.6 Å². The summed E-state index contributed by atoms with van der Waals surface area (Å²) in [6, 6.07) is 13.3. The fourth-order valence-corrected chi connectivity index (χ4v) is 4.64. The van der Waals surface area contributed by atoms with Crippen LogP contribution in [0.4, 0.5) is 0 Å². The van der Waals surface area contributed by atoms with E-state index in [1.165, 1.54) is 10.9 Å². The number of para-hydroxylation sites is 1. The number of fused-ring (bicyclic) bond motifs is 6. The zero-order valence-corrected chi connectivity index (χ0v) is 16.5. The van der Waals surface area contributed by atoms with Gasteiger partial charge in [-0.2, -0.15) is 5.10 Å². The molecule has 0 amide bonds. The molecule has 142 valence electrons. The summed E-state index contributed by atoms with van der Waals surface area (Å²) in [5, 5.41) is 7.00. The van der Waals surface area contributed by atoms with E-state index in [1.54, 1.807) is 33.6 Å². The second-order valence-corrected chi connectivity index (χ2v) is 7.96. The fraction of sp³-hybridized carbons (Fsp3) is 0.0952. The van der Waals surface area contributed by atoms with Gasteiger partial charge in [-0.15, -0.1) is 0 Å². The highest BCUT2D eigenvalue weighted by molar-refractivity contribution is 6.34. The van der Waals surface area contributed by atoms with E-state index in [0.29, 0.717) is 39.1 Å². The van der Waals surface area contributed by atoms with Crippen LogP contribution in [-0.4, -0.2) is 24.3 Å². The summed E-state index contributed by atoms with van der Waals surface area (Å²) in [4.78, 5) is 21.5. The van der Waals surface area contributed by atoms with Gasteiger partial charge in [0.2, 0.25) is 0 Å². The van der Waals surface area contributed by atoms with Gasteiger partial charge in [0, 0.05) is 27.5 Å². The van der Waals surface area contributed by atoms with Crippen molar-refractivity contribution in [2.45, 2.75) is 13.0 Å². The molecule has 3 aromatic heterocycles. The molecule has 4 heterocycles. The van der Waals surface area contributed by atoms with E-state index in [9.17, 15) is 4.79 Å². The van der Waals surface area contributed by atoms with Gasteiger partial charge in [-0.25, -0.2) is 9.67 Å². The minimum Gasteiger partial charge on any atom is -0.352 e.